The Kier molecular flexibility index (Phi) is 3.06. The fourth-order valence-electron chi connectivity index (χ4n) is 1.61. The maximum absolute atomic E-state index is 12.7. The van der Waals surface area contributed by atoms with Crippen molar-refractivity contribution < 1.29 is 9.50 Å². The quantitative estimate of drug-likeness (QED) is 0.778. The minimum Gasteiger partial charge on any atom is -0.396 e. The van der Waals surface area contributed by atoms with Gasteiger partial charge in [0.1, 0.15) is 5.82 Å². The molecule has 0 spiro atoms. The van der Waals surface area contributed by atoms with Gasteiger partial charge >= 0.3 is 0 Å². The number of aliphatic hydroxyl groups is 1. The van der Waals surface area contributed by atoms with Gasteiger partial charge in [0.25, 0.3) is 0 Å². The smallest absolute Gasteiger partial charge is 0.123 e. The summed E-state index contributed by atoms with van der Waals surface area (Å²) in [5, 5.41) is 9.16. The first-order valence-corrected chi connectivity index (χ1v) is 5.53. The Morgan fingerprint density at radius 2 is 2.00 bits per heavy atom. The summed E-state index contributed by atoms with van der Waals surface area (Å²) in [6.07, 6.45) is 2.12. The highest BCUT2D eigenvalue weighted by molar-refractivity contribution is 5.98. The monoisotopic (exact) mass is 221 g/mol. The fraction of sp³-hybridized carbons (Fsp3) is 0.462. The first-order chi connectivity index (χ1) is 7.65. The Morgan fingerprint density at radius 1 is 1.38 bits per heavy atom. The third-order valence-corrected chi connectivity index (χ3v) is 3.21. The molecule has 0 radical (unpaired) electrons. The summed E-state index contributed by atoms with van der Waals surface area (Å²) < 4.78 is 12.7. The van der Waals surface area contributed by atoms with E-state index in [2.05, 4.69) is 4.99 Å². The number of hydrogen-bond acceptors (Lipinski definition) is 2. The van der Waals surface area contributed by atoms with Crippen molar-refractivity contribution in [3.05, 3.63) is 35.6 Å². The summed E-state index contributed by atoms with van der Waals surface area (Å²) in [4.78, 5) is 4.46. The van der Waals surface area contributed by atoms with Gasteiger partial charge in [-0.1, -0.05) is 12.1 Å². The Morgan fingerprint density at radius 3 is 2.50 bits per heavy atom. The third-order valence-electron chi connectivity index (χ3n) is 3.21. The van der Waals surface area contributed by atoms with E-state index < -0.39 is 0 Å². The van der Waals surface area contributed by atoms with Gasteiger partial charge in [-0.3, -0.25) is 4.99 Å². The van der Waals surface area contributed by atoms with Crippen molar-refractivity contribution in [2.45, 2.75) is 19.8 Å². The van der Waals surface area contributed by atoms with Crippen LogP contribution in [-0.2, 0) is 0 Å². The molecule has 0 unspecified atom stereocenters. The molecule has 16 heavy (non-hydrogen) atoms. The lowest BCUT2D eigenvalue weighted by Gasteiger charge is -2.08. The van der Waals surface area contributed by atoms with Gasteiger partial charge in [0.15, 0.2) is 0 Å². The van der Waals surface area contributed by atoms with E-state index in [9.17, 15) is 4.39 Å². The maximum Gasteiger partial charge on any atom is 0.123 e. The van der Waals surface area contributed by atoms with E-state index in [0.29, 0.717) is 6.54 Å². The molecule has 0 aromatic heterocycles. The van der Waals surface area contributed by atoms with Crippen LogP contribution in [0.25, 0.3) is 0 Å². The van der Waals surface area contributed by atoms with Crippen LogP contribution in [0.4, 0.5) is 4.39 Å². The Balaban J connectivity index is 2.04. The molecule has 1 aliphatic carbocycles. The van der Waals surface area contributed by atoms with Crippen molar-refractivity contribution in [3.8, 4) is 0 Å². The summed E-state index contributed by atoms with van der Waals surface area (Å²) in [6.45, 7) is 2.81. The molecule has 1 saturated carbocycles. The van der Waals surface area contributed by atoms with Crippen LogP contribution in [0.2, 0.25) is 0 Å². The molecule has 0 atom stereocenters. The largest absolute Gasteiger partial charge is 0.396 e. The number of nitrogens with zero attached hydrogens (tertiary/aromatic N) is 1. The van der Waals surface area contributed by atoms with E-state index in [1.54, 1.807) is 12.1 Å². The van der Waals surface area contributed by atoms with E-state index in [-0.39, 0.29) is 17.8 Å². The van der Waals surface area contributed by atoms with Gasteiger partial charge in [0.05, 0.1) is 6.61 Å². The van der Waals surface area contributed by atoms with E-state index in [4.69, 9.17) is 5.11 Å². The Labute approximate surface area is 94.8 Å². The molecule has 1 fully saturated rings. The first kappa shape index (κ1) is 11.3. The van der Waals surface area contributed by atoms with Gasteiger partial charge < -0.3 is 5.11 Å². The summed E-state index contributed by atoms with van der Waals surface area (Å²) in [7, 11) is 0. The maximum atomic E-state index is 12.7. The predicted octanol–water partition coefficient (Wildman–Crippen LogP) is 2.41. The zero-order valence-electron chi connectivity index (χ0n) is 9.41. The van der Waals surface area contributed by atoms with Gasteiger partial charge in [-0.25, -0.2) is 4.39 Å². The Bertz CT molecular complexity index is 393. The van der Waals surface area contributed by atoms with Crippen LogP contribution in [0.3, 0.4) is 0 Å². The van der Waals surface area contributed by atoms with Crippen LogP contribution in [0.15, 0.2) is 29.3 Å². The molecule has 1 aromatic rings. The minimum absolute atomic E-state index is 0.0429. The predicted molar refractivity (Wildman–Crippen MR) is 62.2 cm³/mol. The van der Waals surface area contributed by atoms with Crippen LogP contribution in [0, 0.1) is 11.2 Å². The topological polar surface area (TPSA) is 32.6 Å². The molecule has 0 aliphatic heterocycles. The van der Waals surface area contributed by atoms with Crippen LogP contribution < -0.4 is 0 Å². The minimum atomic E-state index is -0.231. The van der Waals surface area contributed by atoms with E-state index in [1.807, 2.05) is 6.92 Å². The molecule has 2 rings (SSSR count). The van der Waals surface area contributed by atoms with Crippen molar-refractivity contribution in [3.63, 3.8) is 0 Å². The standard InChI is InChI=1S/C13H16FNO/c1-10(11-2-4-12(14)5-3-11)15-8-13(9-16)6-7-13/h2-5,16H,6-9H2,1H3. The second-order valence-corrected chi connectivity index (χ2v) is 4.57. The highest BCUT2D eigenvalue weighted by Gasteiger charge is 2.41. The molecule has 2 nitrogen and oxygen atoms in total. The summed E-state index contributed by atoms with van der Waals surface area (Å²) in [5.74, 6) is -0.231. The van der Waals surface area contributed by atoms with Gasteiger partial charge in [-0.05, 0) is 37.5 Å². The molecule has 1 aliphatic rings. The van der Waals surface area contributed by atoms with Crippen LogP contribution in [-0.4, -0.2) is 24.0 Å². The van der Waals surface area contributed by atoms with Gasteiger partial charge in [-0.2, -0.15) is 0 Å². The average molecular weight is 221 g/mol. The van der Waals surface area contributed by atoms with Gasteiger partial charge in [0.2, 0.25) is 0 Å². The highest BCUT2D eigenvalue weighted by atomic mass is 19.1. The number of rotatable bonds is 4. The molecule has 1 N–H and O–H groups in total. The molecule has 0 heterocycles. The first-order valence-electron chi connectivity index (χ1n) is 5.53. The lowest BCUT2D eigenvalue weighted by molar-refractivity contribution is 0.217. The van der Waals surface area contributed by atoms with Crippen LogP contribution in [0.5, 0.6) is 0 Å². The molecule has 0 bridgehead atoms. The molecule has 0 saturated heterocycles. The van der Waals surface area contributed by atoms with Gasteiger partial charge in [0, 0.05) is 17.7 Å². The number of benzene rings is 1. The normalized spacial score (nSPS) is 18.6. The highest BCUT2D eigenvalue weighted by Crippen LogP contribution is 2.45. The molecule has 3 heteroatoms. The summed E-state index contributed by atoms with van der Waals surface area (Å²) in [5.41, 5.74) is 1.89. The second kappa shape index (κ2) is 4.34. The number of hydrogen-bond donors (Lipinski definition) is 1. The zero-order chi connectivity index (χ0) is 11.6. The van der Waals surface area contributed by atoms with Crippen molar-refractivity contribution >= 4 is 5.71 Å². The van der Waals surface area contributed by atoms with E-state index in [1.165, 1.54) is 12.1 Å². The Hall–Kier alpha value is -1.22. The number of halogens is 1. The van der Waals surface area contributed by atoms with Crippen LogP contribution in [0.1, 0.15) is 25.3 Å². The zero-order valence-corrected chi connectivity index (χ0v) is 9.41. The van der Waals surface area contributed by atoms with Crippen LogP contribution >= 0.6 is 0 Å². The lowest BCUT2D eigenvalue weighted by atomic mass is 10.1. The third kappa shape index (κ3) is 2.47. The molecule has 86 valence electrons. The van der Waals surface area contributed by atoms with Crippen molar-refractivity contribution in [1.82, 2.24) is 0 Å². The molecular formula is C13H16FNO. The summed E-state index contributed by atoms with van der Waals surface area (Å²) >= 11 is 0. The lowest BCUT2D eigenvalue weighted by Crippen LogP contribution is -2.12. The van der Waals surface area contributed by atoms with Crippen molar-refractivity contribution in [2.24, 2.45) is 10.4 Å². The average Bonchev–Trinajstić information content (AvgIpc) is 3.08. The number of aliphatic hydroxyl groups excluding tert-OH is 1. The fourth-order valence-corrected chi connectivity index (χ4v) is 1.61. The molecular weight excluding hydrogens is 205 g/mol. The SMILES string of the molecule is CC(=NCC1(CO)CC1)c1ccc(F)cc1. The van der Waals surface area contributed by atoms with E-state index >= 15 is 0 Å². The van der Waals surface area contributed by atoms with Crippen molar-refractivity contribution in [1.29, 1.82) is 0 Å². The van der Waals surface area contributed by atoms with Gasteiger partial charge in [-0.15, -0.1) is 0 Å². The van der Waals surface area contributed by atoms with Crippen molar-refractivity contribution in [2.75, 3.05) is 13.2 Å². The second-order valence-electron chi connectivity index (χ2n) is 4.57. The summed E-state index contributed by atoms with van der Waals surface area (Å²) in [6, 6.07) is 6.33. The molecule has 1 aromatic carbocycles. The van der Waals surface area contributed by atoms with E-state index in [0.717, 1.165) is 24.1 Å². The molecule has 0 amide bonds. The number of aliphatic imine (C=N–C) groups is 1.